The molecule has 3 N–H and O–H groups in total. The Morgan fingerprint density at radius 2 is 1.65 bits per heavy atom. The van der Waals surface area contributed by atoms with Gasteiger partial charge in [0.05, 0.1) is 0 Å². The van der Waals surface area contributed by atoms with E-state index in [-0.39, 0.29) is 22.9 Å². The van der Waals surface area contributed by atoms with Gasteiger partial charge in [-0.2, -0.15) is 15.0 Å². The highest BCUT2D eigenvalue weighted by molar-refractivity contribution is 6.28. The van der Waals surface area contributed by atoms with Gasteiger partial charge in [-0.3, -0.25) is 0 Å². The van der Waals surface area contributed by atoms with Crippen LogP contribution in [0.5, 0.6) is 0 Å². The van der Waals surface area contributed by atoms with E-state index in [2.05, 4.69) is 30.9 Å². The first-order valence-electron chi connectivity index (χ1n) is 7.04. The highest BCUT2D eigenvalue weighted by Gasteiger charge is 2.07. The number of hydrogen-bond donors (Lipinski definition) is 3. The number of rotatable bonds is 7. The molecule has 0 aliphatic heterocycles. The molecule has 124 valence electrons. The minimum Gasteiger partial charge on any atom is -0.353 e. The van der Waals surface area contributed by atoms with Crippen molar-refractivity contribution in [2.24, 2.45) is 0 Å². The number of halogens is 3. The summed E-state index contributed by atoms with van der Waals surface area (Å²) in [6.07, 6.45) is 0. The van der Waals surface area contributed by atoms with E-state index in [9.17, 15) is 8.78 Å². The van der Waals surface area contributed by atoms with Crippen molar-refractivity contribution in [3.8, 4) is 0 Å². The number of hydrogen-bond acceptors (Lipinski definition) is 6. The Balaban J connectivity index is 2.04. The summed E-state index contributed by atoms with van der Waals surface area (Å²) < 4.78 is 26.4. The fraction of sp³-hybridized carbons (Fsp3) is 0.357. The maximum atomic E-state index is 13.2. The lowest BCUT2D eigenvalue weighted by atomic mass is 10.3. The van der Waals surface area contributed by atoms with Crippen molar-refractivity contribution in [2.75, 3.05) is 23.7 Å². The Hall–Kier alpha value is -2.06. The molecular formula is C14H17ClF2N6. The summed E-state index contributed by atoms with van der Waals surface area (Å²) >= 11 is 5.84. The van der Waals surface area contributed by atoms with Gasteiger partial charge in [-0.1, -0.05) is 13.8 Å². The molecule has 0 spiro atoms. The Morgan fingerprint density at radius 3 is 2.30 bits per heavy atom. The van der Waals surface area contributed by atoms with Crippen molar-refractivity contribution < 1.29 is 8.78 Å². The molecule has 1 heterocycles. The second-order valence-corrected chi connectivity index (χ2v) is 5.41. The second kappa shape index (κ2) is 7.98. The minimum absolute atomic E-state index is 0.0290. The zero-order chi connectivity index (χ0) is 16.8. The van der Waals surface area contributed by atoms with Gasteiger partial charge < -0.3 is 16.0 Å². The van der Waals surface area contributed by atoms with Gasteiger partial charge in [0.25, 0.3) is 0 Å². The minimum atomic E-state index is -0.703. The molecule has 0 fully saturated rings. The number of benzene rings is 1. The predicted octanol–water partition coefficient (Wildman–Crippen LogP) is 2.96. The molecule has 0 bridgehead atoms. The van der Waals surface area contributed by atoms with Gasteiger partial charge in [-0.05, 0) is 23.7 Å². The third-order valence-electron chi connectivity index (χ3n) is 2.69. The van der Waals surface area contributed by atoms with Crippen LogP contribution in [0.3, 0.4) is 0 Å². The number of aromatic nitrogens is 3. The van der Waals surface area contributed by atoms with E-state index in [1.807, 2.05) is 13.8 Å². The molecule has 0 unspecified atom stereocenters. The molecule has 0 aliphatic carbocycles. The van der Waals surface area contributed by atoms with Gasteiger partial charge in [-0.15, -0.1) is 0 Å². The smallest absolute Gasteiger partial charge is 0.233 e. The first-order chi connectivity index (χ1) is 10.9. The van der Waals surface area contributed by atoms with E-state index in [0.29, 0.717) is 12.6 Å². The highest BCUT2D eigenvalue weighted by Crippen LogP contribution is 2.18. The molecule has 0 atom stereocenters. The fourth-order valence-corrected chi connectivity index (χ4v) is 1.94. The summed E-state index contributed by atoms with van der Waals surface area (Å²) in [5.41, 5.74) is 0.178. The molecule has 2 rings (SSSR count). The molecule has 23 heavy (non-hydrogen) atoms. The predicted molar refractivity (Wildman–Crippen MR) is 86.1 cm³/mol. The Morgan fingerprint density at radius 1 is 1.00 bits per heavy atom. The molecule has 0 amide bonds. The maximum Gasteiger partial charge on any atom is 0.233 e. The summed E-state index contributed by atoms with van der Waals surface area (Å²) in [6.45, 7) is 5.39. The monoisotopic (exact) mass is 342 g/mol. The third-order valence-corrected chi connectivity index (χ3v) is 2.86. The Bertz CT molecular complexity index is 647. The van der Waals surface area contributed by atoms with E-state index < -0.39 is 11.6 Å². The van der Waals surface area contributed by atoms with E-state index in [4.69, 9.17) is 11.6 Å². The number of nitrogens with one attached hydrogen (secondary N) is 3. The van der Waals surface area contributed by atoms with Crippen molar-refractivity contribution in [1.82, 2.24) is 20.3 Å². The van der Waals surface area contributed by atoms with Crippen LogP contribution in [-0.2, 0) is 0 Å². The molecule has 1 aromatic heterocycles. The van der Waals surface area contributed by atoms with Crippen LogP contribution in [0.15, 0.2) is 18.2 Å². The van der Waals surface area contributed by atoms with Gasteiger partial charge in [0.1, 0.15) is 11.6 Å². The quantitative estimate of drug-likeness (QED) is 0.672. The largest absolute Gasteiger partial charge is 0.353 e. The fourth-order valence-electron chi connectivity index (χ4n) is 1.78. The summed E-state index contributed by atoms with van der Waals surface area (Å²) in [7, 11) is 0. The van der Waals surface area contributed by atoms with E-state index in [0.717, 1.165) is 24.7 Å². The molecule has 0 radical (unpaired) electrons. The first-order valence-corrected chi connectivity index (χ1v) is 7.42. The van der Waals surface area contributed by atoms with Gasteiger partial charge in [-0.25, -0.2) is 8.78 Å². The summed E-state index contributed by atoms with van der Waals surface area (Å²) in [4.78, 5) is 11.9. The molecule has 0 aliphatic rings. The van der Waals surface area contributed by atoms with Crippen LogP contribution in [0.2, 0.25) is 5.28 Å². The molecule has 1 aromatic carbocycles. The molecule has 2 aromatic rings. The molecule has 0 saturated heterocycles. The average Bonchev–Trinajstić information content (AvgIpc) is 2.41. The summed E-state index contributed by atoms with van der Waals surface area (Å²) in [5, 5.41) is 8.89. The van der Waals surface area contributed by atoms with Gasteiger partial charge in [0, 0.05) is 30.9 Å². The van der Waals surface area contributed by atoms with Crippen molar-refractivity contribution in [1.29, 1.82) is 0 Å². The topological polar surface area (TPSA) is 74.8 Å². The van der Waals surface area contributed by atoms with E-state index >= 15 is 0 Å². The van der Waals surface area contributed by atoms with Crippen molar-refractivity contribution in [3.05, 3.63) is 35.1 Å². The van der Waals surface area contributed by atoms with Crippen molar-refractivity contribution >= 4 is 29.2 Å². The highest BCUT2D eigenvalue weighted by atomic mass is 35.5. The molecule has 0 saturated carbocycles. The van der Waals surface area contributed by atoms with Crippen LogP contribution in [0.1, 0.15) is 13.8 Å². The lowest BCUT2D eigenvalue weighted by Crippen LogP contribution is -2.28. The van der Waals surface area contributed by atoms with Crippen molar-refractivity contribution in [3.63, 3.8) is 0 Å². The molecule has 6 nitrogen and oxygen atoms in total. The third kappa shape index (κ3) is 5.91. The molecular weight excluding hydrogens is 326 g/mol. The normalized spacial score (nSPS) is 10.9. The first kappa shape index (κ1) is 17.3. The number of anilines is 3. The van der Waals surface area contributed by atoms with Gasteiger partial charge >= 0.3 is 0 Å². The second-order valence-electron chi connectivity index (χ2n) is 5.07. The van der Waals surface area contributed by atoms with Crippen molar-refractivity contribution in [2.45, 2.75) is 19.9 Å². The standard InChI is InChI=1S/C14H17ClF2N6/c1-8(2)18-3-4-19-13-21-12(15)22-14(23-13)20-11-6-9(16)5-10(17)7-11/h5-8,18H,3-4H2,1-2H3,(H2,19,20,21,22,23). The van der Waals surface area contributed by atoms with Crippen LogP contribution in [-0.4, -0.2) is 34.1 Å². The van der Waals surface area contributed by atoms with Crippen LogP contribution in [0, 0.1) is 11.6 Å². The molecule has 9 heteroatoms. The van der Waals surface area contributed by atoms with Gasteiger partial charge in [0.2, 0.25) is 17.2 Å². The van der Waals surface area contributed by atoms with Crippen LogP contribution >= 0.6 is 11.6 Å². The summed E-state index contributed by atoms with van der Waals surface area (Å²) in [5.74, 6) is -1.04. The SMILES string of the molecule is CC(C)NCCNc1nc(Cl)nc(Nc2cc(F)cc(F)c2)n1. The maximum absolute atomic E-state index is 13.2. The number of nitrogens with zero attached hydrogens (tertiary/aromatic N) is 3. The zero-order valence-corrected chi connectivity index (χ0v) is 13.5. The summed E-state index contributed by atoms with van der Waals surface area (Å²) in [6, 6.07) is 3.40. The average molecular weight is 343 g/mol. The van der Waals surface area contributed by atoms with Crippen LogP contribution in [0.25, 0.3) is 0 Å². The van der Waals surface area contributed by atoms with Crippen LogP contribution < -0.4 is 16.0 Å². The van der Waals surface area contributed by atoms with Crippen LogP contribution in [0.4, 0.5) is 26.4 Å². The Kier molecular flexibility index (Phi) is 6.00. The lowest BCUT2D eigenvalue weighted by molar-refractivity contribution is 0.584. The van der Waals surface area contributed by atoms with E-state index in [1.54, 1.807) is 0 Å². The lowest BCUT2D eigenvalue weighted by Gasteiger charge is -2.10. The van der Waals surface area contributed by atoms with Gasteiger partial charge in [0.15, 0.2) is 0 Å². The Labute approximate surface area is 137 Å². The zero-order valence-electron chi connectivity index (χ0n) is 12.7. The van der Waals surface area contributed by atoms with E-state index in [1.165, 1.54) is 0 Å².